The largest absolute Gasteiger partial charge is 0.346 e. The Hall–Kier alpha value is -0.950. The fourth-order valence-corrected chi connectivity index (χ4v) is 6.05. The van der Waals surface area contributed by atoms with Crippen molar-refractivity contribution in [3.8, 4) is 0 Å². The Kier molecular flexibility index (Phi) is 7.54. The van der Waals surface area contributed by atoms with E-state index in [4.69, 9.17) is 11.6 Å². The number of fused-ring (bicyclic) bond motifs is 1. The van der Waals surface area contributed by atoms with Crippen molar-refractivity contribution in [3.63, 3.8) is 0 Å². The molecule has 0 saturated heterocycles. The maximum atomic E-state index is 12.8. The van der Waals surface area contributed by atoms with Crippen LogP contribution in [-0.4, -0.2) is 17.0 Å². The molecule has 9 heteroatoms. The van der Waals surface area contributed by atoms with Crippen LogP contribution in [0.2, 0.25) is 5.02 Å². The van der Waals surface area contributed by atoms with Crippen LogP contribution in [0.25, 0.3) is 16.2 Å². The molecular weight excluding hydrogens is 549 g/mol. The molecule has 0 radical (unpaired) electrons. The molecule has 146 valence electrons. The Morgan fingerprint density at radius 1 is 1.25 bits per heavy atom. The maximum absolute atomic E-state index is 12.8. The first-order chi connectivity index (χ1) is 13.3. The van der Waals surface area contributed by atoms with Gasteiger partial charge in [0.1, 0.15) is 0 Å². The van der Waals surface area contributed by atoms with Crippen molar-refractivity contribution in [1.82, 2.24) is 5.32 Å². The number of hydrogen-bond donors (Lipinski definition) is 2. The molecule has 2 atom stereocenters. The van der Waals surface area contributed by atoms with Crippen LogP contribution in [0.5, 0.6) is 0 Å². The van der Waals surface area contributed by atoms with Crippen LogP contribution in [0, 0.1) is 0 Å². The molecule has 3 aromatic rings. The standard InChI is InChI=1S/C19H15Br2ClNO3PS/c20-12-5-11(6-13(21)7-12)3-4-23-19(24)16(9-27(25)26)17-10-28-18-2-1-14(22)8-15(17)18/h1-8,10,16,27H,9H2,(H,23,24)(H,25,26)/b4-3+. The molecule has 0 fully saturated rings. The monoisotopic (exact) mass is 561 g/mol. The van der Waals surface area contributed by atoms with Crippen LogP contribution >= 0.6 is 62.8 Å². The fraction of sp³-hybridized carbons (Fsp3) is 0.105. The van der Waals surface area contributed by atoms with Gasteiger partial charge in [0, 0.05) is 31.0 Å². The van der Waals surface area contributed by atoms with Gasteiger partial charge in [-0.3, -0.25) is 9.36 Å². The van der Waals surface area contributed by atoms with E-state index in [1.165, 1.54) is 11.3 Å². The van der Waals surface area contributed by atoms with E-state index in [-0.39, 0.29) is 12.1 Å². The minimum Gasteiger partial charge on any atom is -0.346 e. The van der Waals surface area contributed by atoms with Crippen LogP contribution in [0.1, 0.15) is 17.0 Å². The number of hydrogen-bond acceptors (Lipinski definition) is 3. The molecule has 3 rings (SSSR count). The highest BCUT2D eigenvalue weighted by atomic mass is 79.9. The lowest BCUT2D eigenvalue weighted by Gasteiger charge is -2.14. The van der Waals surface area contributed by atoms with E-state index < -0.39 is 13.9 Å². The van der Waals surface area contributed by atoms with Crippen LogP contribution < -0.4 is 5.32 Å². The normalized spacial score (nSPS) is 13.7. The van der Waals surface area contributed by atoms with Crippen molar-refractivity contribution in [2.45, 2.75) is 5.92 Å². The highest BCUT2D eigenvalue weighted by Gasteiger charge is 2.25. The average molecular weight is 564 g/mol. The number of carbonyl (C=O) groups excluding carboxylic acids is 1. The van der Waals surface area contributed by atoms with Crippen molar-refractivity contribution in [1.29, 1.82) is 0 Å². The van der Waals surface area contributed by atoms with Crippen molar-refractivity contribution < 1.29 is 14.3 Å². The minimum atomic E-state index is -2.84. The van der Waals surface area contributed by atoms with Crippen molar-refractivity contribution in [2.75, 3.05) is 6.16 Å². The van der Waals surface area contributed by atoms with E-state index in [0.717, 1.165) is 24.6 Å². The lowest BCUT2D eigenvalue weighted by Crippen LogP contribution is -2.26. The molecule has 2 N–H and O–H groups in total. The van der Waals surface area contributed by atoms with E-state index in [1.54, 1.807) is 24.4 Å². The van der Waals surface area contributed by atoms with Crippen LogP contribution in [0.3, 0.4) is 0 Å². The molecular formula is C19H15Br2ClNO3PS. The van der Waals surface area contributed by atoms with Gasteiger partial charge in [0.2, 0.25) is 5.91 Å². The number of carbonyl (C=O) groups is 1. The average Bonchev–Trinajstić information content (AvgIpc) is 3.01. The van der Waals surface area contributed by atoms with Gasteiger partial charge in [0.25, 0.3) is 0 Å². The Balaban J connectivity index is 1.84. The Labute approximate surface area is 188 Å². The molecule has 0 aliphatic carbocycles. The van der Waals surface area contributed by atoms with Crippen LogP contribution in [0.4, 0.5) is 0 Å². The third-order valence-electron chi connectivity index (χ3n) is 4.02. The Bertz CT molecular complexity index is 1070. The van der Waals surface area contributed by atoms with Crippen molar-refractivity contribution in [3.05, 3.63) is 73.1 Å². The highest BCUT2D eigenvalue weighted by molar-refractivity contribution is 9.11. The number of benzene rings is 2. The van der Waals surface area contributed by atoms with Gasteiger partial charge < -0.3 is 10.2 Å². The van der Waals surface area contributed by atoms with Gasteiger partial charge in [-0.25, -0.2) is 0 Å². The first-order valence-corrected chi connectivity index (χ1v) is 12.6. The number of halogens is 3. The predicted octanol–water partition coefficient (Wildman–Crippen LogP) is 6.42. The molecule has 1 aromatic heterocycles. The molecule has 1 amide bonds. The van der Waals surface area contributed by atoms with E-state index in [2.05, 4.69) is 37.2 Å². The molecule has 28 heavy (non-hydrogen) atoms. The lowest BCUT2D eigenvalue weighted by atomic mass is 9.99. The van der Waals surface area contributed by atoms with Crippen molar-refractivity contribution >= 4 is 84.9 Å². The molecule has 0 spiro atoms. The predicted molar refractivity (Wildman–Crippen MR) is 125 cm³/mol. The third kappa shape index (κ3) is 5.56. The van der Waals surface area contributed by atoms with Gasteiger partial charge in [-0.05, 0) is 64.4 Å². The molecule has 1 heterocycles. The second-order valence-corrected chi connectivity index (χ2v) is 10.4. The van der Waals surface area contributed by atoms with Crippen molar-refractivity contribution in [2.24, 2.45) is 0 Å². The molecule has 0 bridgehead atoms. The Morgan fingerprint density at radius 3 is 2.64 bits per heavy atom. The third-order valence-corrected chi connectivity index (χ3v) is 6.91. The number of nitrogens with one attached hydrogen (secondary N) is 1. The molecule has 4 nitrogen and oxygen atoms in total. The second kappa shape index (κ2) is 9.70. The molecule has 0 aliphatic rings. The Morgan fingerprint density at radius 2 is 1.96 bits per heavy atom. The van der Waals surface area contributed by atoms with Gasteiger partial charge in [-0.15, -0.1) is 11.3 Å². The van der Waals surface area contributed by atoms with Gasteiger partial charge in [-0.1, -0.05) is 43.5 Å². The zero-order valence-corrected chi connectivity index (χ0v) is 20.0. The summed E-state index contributed by atoms with van der Waals surface area (Å²) in [7, 11) is -2.84. The van der Waals surface area contributed by atoms with Gasteiger partial charge in [0.15, 0.2) is 8.03 Å². The zero-order chi connectivity index (χ0) is 20.3. The van der Waals surface area contributed by atoms with Crippen LogP contribution in [-0.2, 0) is 9.36 Å². The summed E-state index contributed by atoms with van der Waals surface area (Å²) in [6.45, 7) is 0. The quantitative estimate of drug-likeness (QED) is 0.341. The van der Waals surface area contributed by atoms with Crippen LogP contribution in [0.15, 0.2) is 56.9 Å². The van der Waals surface area contributed by atoms with Gasteiger partial charge in [-0.2, -0.15) is 0 Å². The number of amides is 1. The number of thiophene rings is 1. The zero-order valence-electron chi connectivity index (χ0n) is 14.3. The summed E-state index contributed by atoms with van der Waals surface area (Å²) in [5.74, 6) is -1.07. The smallest absolute Gasteiger partial charge is 0.232 e. The SMILES string of the molecule is O=C(N/C=C/c1cc(Br)cc(Br)c1)C(C[PH](=O)O)c1csc2ccc(Cl)cc12. The second-order valence-electron chi connectivity index (χ2n) is 6.03. The summed E-state index contributed by atoms with van der Waals surface area (Å²) in [6.07, 6.45) is 3.18. The van der Waals surface area contributed by atoms with E-state index >= 15 is 0 Å². The lowest BCUT2D eigenvalue weighted by molar-refractivity contribution is -0.121. The summed E-state index contributed by atoms with van der Waals surface area (Å²) in [5, 5.41) is 5.98. The van der Waals surface area contributed by atoms with E-state index in [0.29, 0.717) is 10.6 Å². The van der Waals surface area contributed by atoms with E-state index in [9.17, 15) is 14.3 Å². The minimum absolute atomic E-state index is 0.120. The summed E-state index contributed by atoms with van der Waals surface area (Å²) >= 11 is 14.4. The molecule has 0 aliphatic heterocycles. The van der Waals surface area contributed by atoms with E-state index in [1.807, 2.05) is 29.6 Å². The molecule has 2 unspecified atom stereocenters. The topological polar surface area (TPSA) is 66.4 Å². The number of rotatable bonds is 6. The summed E-state index contributed by atoms with van der Waals surface area (Å²) in [4.78, 5) is 22.3. The maximum Gasteiger partial charge on any atom is 0.232 e. The molecule has 0 saturated carbocycles. The van der Waals surface area contributed by atoms with Gasteiger partial charge >= 0.3 is 0 Å². The van der Waals surface area contributed by atoms with Gasteiger partial charge in [0.05, 0.1) is 5.92 Å². The first-order valence-electron chi connectivity index (χ1n) is 8.15. The fourth-order valence-electron chi connectivity index (χ4n) is 2.80. The first kappa shape index (κ1) is 21.8. The highest BCUT2D eigenvalue weighted by Crippen LogP contribution is 2.36. The summed E-state index contributed by atoms with van der Waals surface area (Å²) in [5.41, 5.74) is 1.60. The molecule has 2 aromatic carbocycles. The summed E-state index contributed by atoms with van der Waals surface area (Å²) in [6, 6.07) is 11.2. The summed E-state index contributed by atoms with van der Waals surface area (Å²) < 4.78 is 14.3.